The van der Waals surface area contributed by atoms with E-state index < -0.39 is 0 Å². The second-order valence-corrected chi connectivity index (χ2v) is 10.3. The highest BCUT2D eigenvalue weighted by Crippen LogP contribution is 2.47. The fourth-order valence-corrected chi connectivity index (χ4v) is 7.16. The van der Waals surface area contributed by atoms with Crippen molar-refractivity contribution in [3.05, 3.63) is 65.7 Å². The molecule has 0 atom stereocenters. The summed E-state index contributed by atoms with van der Waals surface area (Å²) in [5.74, 6) is 0.904. The van der Waals surface area contributed by atoms with Gasteiger partial charge >= 0.3 is 0 Å². The molecule has 0 amide bonds. The van der Waals surface area contributed by atoms with Crippen LogP contribution in [0.15, 0.2) is 60.1 Å². The van der Waals surface area contributed by atoms with E-state index in [1.54, 1.807) is 12.7 Å². The maximum absolute atomic E-state index is 5.61. The third-order valence-corrected chi connectivity index (χ3v) is 8.75. The van der Waals surface area contributed by atoms with Gasteiger partial charge in [-0.1, -0.05) is 43.5 Å². The summed E-state index contributed by atoms with van der Waals surface area (Å²) in [6, 6.07) is 17.4. The lowest BCUT2D eigenvalue weighted by molar-refractivity contribution is 0.0432. The minimum absolute atomic E-state index is 0.179. The molecule has 170 valence electrons. The molecule has 1 saturated heterocycles. The zero-order chi connectivity index (χ0) is 22.3. The van der Waals surface area contributed by atoms with Crippen molar-refractivity contribution in [2.75, 3.05) is 38.2 Å². The Morgan fingerprint density at radius 1 is 0.939 bits per heavy atom. The molecule has 2 aromatic carbocycles. The predicted molar refractivity (Wildman–Crippen MR) is 139 cm³/mol. The van der Waals surface area contributed by atoms with Crippen LogP contribution in [0.1, 0.15) is 37.7 Å². The lowest BCUT2D eigenvalue weighted by atomic mass is 9.75. The van der Waals surface area contributed by atoms with Crippen molar-refractivity contribution in [2.24, 2.45) is 0 Å². The molecule has 0 spiro atoms. The Kier molecular flexibility index (Phi) is 5.47. The van der Waals surface area contributed by atoms with E-state index in [1.807, 2.05) is 23.6 Å². The van der Waals surface area contributed by atoms with Crippen molar-refractivity contribution in [1.29, 1.82) is 0 Å². The number of piperazine rings is 1. The van der Waals surface area contributed by atoms with Gasteiger partial charge in [-0.05, 0) is 47.4 Å². The molecular formula is C28H31N3OS. The molecule has 0 radical (unpaired) electrons. The maximum Gasteiger partial charge on any atom is 0.121 e. The first-order valence-electron chi connectivity index (χ1n) is 12.2. The number of thiophene rings is 1. The number of fused-ring (bicyclic) bond motifs is 2. The predicted octanol–water partition coefficient (Wildman–Crippen LogP) is 6.44. The normalized spacial score (nSPS) is 19.2. The van der Waals surface area contributed by atoms with Crippen LogP contribution in [-0.2, 0) is 5.54 Å². The number of anilines is 1. The zero-order valence-corrected chi connectivity index (χ0v) is 20.1. The number of hydrogen-bond donors (Lipinski definition) is 0. The molecule has 1 saturated carbocycles. The van der Waals surface area contributed by atoms with Crippen LogP contribution >= 0.6 is 11.3 Å². The number of methoxy groups -OCH3 is 1. The molecule has 3 heterocycles. The summed E-state index contributed by atoms with van der Waals surface area (Å²) in [5, 5.41) is 5.07. The Morgan fingerprint density at radius 2 is 1.76 bits per heavy atom. The van der Waals surface area contributed by atoms with Crippen LogP contribution in [0.2, 0.25) is 0 Å². The molecule has 4 nitrogen and oxygen atoms in total. The van der Waals surface area contributed by atoms with Gasteiger partial charge in [-0.3, -0.25) is 9.88 Å². The van der Waals surface area contributed by atoms with E-state index in [-0.39, 0.29) is 5.54 Å². The fraction of sp³-hybridized carbons (Fsp3) is 0.393. The van der Waals surface area contributed by atoms with Gasteiger partial charge in [0.15, 0.2) is 0 Å². The first-order chi connectivity index (χ1) is 16.3. The van der Waals surface area contributed by atoms with Crippen LogP contribution in [0.25, 0.3) is 21.0 Å². The number of rotatable bonds is 4. The monoisotopic (exact) mass is 457 g/mol. The quantitative estimate of drug-likeness (QED) is 0.353. The number of aromatic nitrogens is 1. The van der Waals surface area contributed by atoms with E-state index in [2.05, 4.69) is 57.6 Å². The average molecular weight is 458 g/mol. The third kappa shape index (κ3) is 3.58. The van der Waals surface area contributed by atoms with E-state index in [0.717, 1.165) is 42.8 Å². The zero-order valence-electron chi connectivity index (χ0n) is 19.3. The second kappa shape index (κ2) is 8.62. The Hall–Kier alpha value is -2.63. The number of hydrogen-bond acceptors (Lipinski definition) is 5. The van der Waals surface area contributed by atoms with Gasteiger partial charge in [0.25, 0.3) is 0 Å². The molecule has 2 aromatic heterocycles. The molecule has 5 heteroatoms. The highest BCUT2D eigenvalue weighted by molar-refractivity contribution is 7.17. The van der Waals surface area contributed by atoms with Crippen molar-refractivity contribution in [3.63, 3.8) is 0 Å². The topological polar surface area (TPSA) is 28.6 Å². The second-order valence-electron chi connectivity index (χ2n) is 9.43. The van der Waals surface area contributed by atoms with Crippen molar-refractivity contribution in [2.45, 2.75) is 37.6 Å². The lowest BCUT2D eigenvalue weighted by Gasteiger charge is -2.50. The van der Waals surface area contributed by atoms with Crippen molar-refractivity contribution >= 4 is 38.0 Å². The number of nitrogens with zero attached hydrogens (tertiary/aromatic N) is 3. The van der Waals surface area contributed by atoms with Crippen LogP contribution in [0, 0.1) is 0 Å². The summed E-state index contributed by atoms with van der Waals surface area (Å²) in [5.41, 5.74) is 4.02. The minimum Gasteiger partial charge on any atom is -0.497 e. The van der Waals surface area contributed by atoms with Crippen molar-refractivity contribution < 1.29 is 4.74 Å². The summed E-state index contributed by atoms with van der Waals surface area (Å²) in [6.07, 6.45) is 8.47. The Bertz CT molecular complexity index is 1270. The van der Waals surface area contributed by atoms with Gasteiger partial charge in [0.1, 0.15) is 5.75 Å². The third-order valence-electron chi connectivity index (χ3n) is 7.78. The number of benzene rings is 2. The van der Waals surface area contributed by atoms with E-state index >= 15 is 0 Å². The smallest absolute Gasteiger partial charge is 0.121 e. The summed E-state index contributed by atoms with van der Waals surface area (Å²) >= 11 is 1.91. The van der Waals surface area contributed by atoms with E-state index in [4.69, 9.17) is 9.72 Å². The molecule has 0 bridgehead atoms. The fourth-order valence-electron chi connectivity index (χ4n) is 6.11. The molecule has 2 aliphatic rings. The molecular weight excluding hydrogens is 426 g/mol. The lowest BCUT2D eigenvalue weighted by Crippen LogP contribution is -2.56. The van der Waals surface area contributed by atoms with E-state index in [1.165, 1.54) is 47.9 Å². The van der Waals surface area contributed by atoms with E-state index in [9.17, 15) is 0 Å². The summed E-state index contributed by atoms with van der Waals surface area (Å²) < 4.78 is 7.03. The van der Waals surface area contributed by atoms with Crippen LogP contribution in [0.5, 0.6) is 5.75 Å². The molecule has 4 aromatic rings. The van der Waals surface area contributed by atoms with Crippen molar-refractivity contribution in [3.8, 4) is 5.75 Å². The van der Waals surface area contributed by atoms with Crippen LogP contribution in [0.4, 0.5) is 5.69 Å². The van der Waals surface area contributed by atoms with E-state index in [0.29, 0.717) is 0 Å². The molecule has 33 heavy (non-hydrogen) atoms. The summed E-state index contributed by atoms with van der Waals surface area (Å²) in [7, 11) is 1.75. The van der Waals surface area contributed by atoms with Crippen LogP contribution in [0.3, 0.4) is 0 Å². The van der Waals surface area contributed by atoms with Gasteiger partial charge in [0.2, 0.25) is 0 Å². The van der Waals surface area contributed by atoms with Gasteiger partial charge in [-0.15, -0.1) is 11.3 Å². The SMILES string of the molecule is COc1cc(N2CCN(C3(c4csc5ccccc45)CCCCC3)CC2)c2ncccc2c1. The standard InChI is InChI=1S/C28H31N3OS/c1-32-22-18-21-8-7-13-29-27(21)25(19-22)30-14-16-31(17-15-30)28(11-5-2-6-12-28)24-20-33-26-10-4-3-9-23(24)26/h3-4,7-10,13,18-20H,2,5-6,11-12,14-17H2,1H3. The molecule has 1 aliphatic heterocycles. The molecule has 2 fully saturated rings. The largest absolute Gasteiger partial charge is 0.497 e. The number of pyridine rings is 1. The summed E-state index contributed by atoms with van der Waals surface area (Å²) in [6.45, 7) is 4.19. The highest BCUT2D eigenvalue weighted by Gasteiger charge is 2.42. The molecule has 0 N–H and O–H groups in total. The van der Waals surface area contributed by atoms with Crippen LogP contribution < -0.4 is 9.64 Å². The first-order valence-corrected chi connectivity index (χ1v) is 13.1. The highest BCUT2D eigenvalue weighted by atomic mass is 32.1. The Balaban J connectivity index is 1.32. The van der Waals surface area contributed by atoms with Crippen molar-refractivity contribution in [1.82, 2.24) is 9.88 Å². The first kappa shape index (κ1) is 20.9. The Labute approximate surface area is 199 Å². The molecule has 1 aliphatic carbocycles. The maximum atomic E-state index is 5.61. The van der Waals surface area contributed by atoms with Gasteiger partial charge < -0.3 is 9.64 Å². The van der Waals surface area contributed by atoms with Gasteiger partial charge in [-0.25, -0.2) is 0 Å². The minimum atomic E-state index is 0.179. The molecule has 0 unspecified atom stereocenters. The average Bonchev–Trinajstić information content (AvgIpc) is 3.33. The Morgan fingerprint density at radius 3 is 2.58 bits per heavy atom. The number of ether oxygens (including phenoxy) is 1. The van der Waals surface area contributed by atoms with Gasteiger partial charge in [0.05, 0.1) is 18.3 Å². The van der Waals surface area contributed by atoms with Gasteiger partial charge in [-0.2, -0.15) is 0 Å². The summed E-state index contributed by atoms with van der Waals surface area (Å²) in [4.78, 5) is 10.0. The van der Waals surface area contributed by atoms with Crippen LogP contribution in [-0.4, -0.2) is 43.2 Å². The van der Waals surface area contributed by atoms with Gasteiger partial charge in [0, 0.05) is 54.1 Å². The molecule has 6 rings (SSSR count).